The highest BCUT2D eigenvalue weighted by Gasteiger charge is 2.39. The molecule has 1 aromatic rings. The van der Waals surface area contributed by atoms with Crippen molar-refractivity contribution in [3.05, 3.63) is 23.3 Å². The first-order valence-electron chi connectivity index (χ1n) is 6.42. The molecule has 1 aliphatic carbocycles. The van der Waals surface area contributed by atoms with Gasteiger partial charge in [-0.3, -0.25) is 0 Å². The van der Waals surface area contributed by atoms with Crippen LogP contribution in [-0.2, 0) is 11.8 Å². The smallest absolute Gasteiger partial charge is 0.231 e. The summed E-state index contributed by atoms with van der Waals surface area (Å²) in [5.41, 5.74) is 8.95. The first-order chi connectivity index (χ1) is 8.29. The summed E-state index contributed by atoms with van der Waals surface area (Å²) in [4.78, 5) is 0. The highest BCUT2D eigenvalue weighted by Crippen LogP contribution is 2.47. The number of nitrogens with two attached hydrogens (primary N) is 1. The highest BCUT2D eigenvalue weighted by atomic mass is 16.7. The van der Waals surface area contributed by atoms with Crippen LogP contribution in [0.15, 0.2) is 12.1 Å². The number of ether oxygens (including phenoxy) is 2. The summed E-state index contributed by atoms with van der Waals surface area (Å²) in [5.74, 6) is 1.77. The zero-order chi connectivity index (χ0) is 11.9. The molecule has 2 N–H and O–H groups in total. The molecule has 0 saturated heterocycles. The molecule has 3 nitrogen and oxygen atoms in total. The Balaban J connectivity index is 2.08. The van der Waals surface area contributed by atoms with Gasteiger partial charge in [0, 0.05) is 12.0 Å². The molecule has 17 heavy (non-hydrogen) atoms. The Bertz CT molecular complexity index is 433. The topological polar surface area (TPSA) is 44.5 Å². The van der Waals surface area contributed by atoms with Gasteiger partial charge in [0.1, 0.15) is 0 Å². The molecule has 0 spiro atoms. The molecule has 1 fully saturated rings. The van der Waals surface area contributed by atoms with Crippen LogP contribution < -0.4 is 15.2 Å². The van der Waals surface area contributed by atoms with Crippen LogP contribution in [0.4, 0.5) is 0 Å². The van der Waals surface area contributed by atoms with E-state index < -0.39 is 0 Å². The van der Waals surface area contributed by atoms with Crippen molar-refractivity contribution in [2.45, 2.75) is 38.0 Å². The maximum absolute atomic E-state index is 6.00. The number of hydrogen-bond acceptors (Lipinski definition) is 3. The summed E-state index contributed by atoms with van der Waals surface area (Å²) in [6.45, 7) is 3.27. The van der Waals surface area contributed by atoms with Gasteiger partial charge < -0.3 is 15.2 Å². The van der Waals surface area contributed by atoms with Crippen LogP contribution in [0.5, 0.6) is 11.5 Å². The third-order valence-corrected chi connectivity index (χ3v) is 4.25. The SMILES string of the molecule is CCc1cc2c(cc1C1(CN)CCC1)OCO2. The van der Waals surface area contributed by atoms with E-state index in [1.807, 2.05) is 0 Å². The molecule has 1 saturated carbocycles. The van der Waals surface area contributed by atoms with Crippen molar-refractivity contribution in [3.8, 4) is 11.5 Å². The number of aryl methyl sites for hydroxylation is 1. The summed E-state index contributed by atoms with van der Waals surface area (Å²) in [6.07, 6.45) is 4.72. The Morgan fingerprint density at radius 3 is 2.47 bits per heavy atom. The molecule has 1 aromatic carbocycles. The molecule has 1 heterocycles. The first-order valence-corrected chi connectivity index (χ1v) is 6.42. The summed E-state index contributed by atoms with van der Waals surface area (Å²) in [5, 5.41) is 0. The third-order valence-electron chi connectivity index (χ3n) is 4.25. The van der Waals surface area contributed by atoms with Gasteiger partial charge in [0.2, 0.25) is 6.79 Å². The van der Waals surface area contributed by atoms with Crippen molar-refractivity contribution < 1.29 is 9.47 Å². The Morgan fingerprint density at radius 1 is 1.24 bits per heavy atom. The van der Waals surface area contributed by atoms with Gasteiger partial charge in [-0.1, -0.05) is 13.3 Å². The quantitative estimate of drug-likeness (QED) is 0.871. The fourth-order valence-corrected chi connectivity index (χ4v) is 2.96. The van der Waals surface area contributed by atoms with E-state index in [9.17, 15) is 0 Å². The lowest BCUT2D eigenvalue weighted by Crippen LogP contribution is -2.42. The molecule has 0 radical (unpaired) electrons. The minimum Gasteiger partial charge on any atom is -0.454 e. The van der Waals surface area contributed by atoms with Gasteiger partial charge in [-0.05, 0) is 42.5 Å². The standard InChI is InChI=1S/C14H19NO2/c1-2-10-6-12-13(17-9-16-12)7-11(10)14(8-15)4-3-5-14/h6-7H,2-5,8-9,15H2,1H3. The molecule has 3 rings (SSSR count). The van der Waals surface area contributed by atoms with E-state index in [-0.39, 0.29) is 5.41 Å². The van der Waals surface area contributed by atoms with E-state index in [2.05, 4.69) is 19.1 Å². The van der Waals surface area contributed by atoms with Crippen molar-refractivity contribution in [1.82, 2.24) is 0 Å². The Labute approximate surface area is 102 Å². The lowest BCUT2D eigenvalue weighted by Gasteiger charge is -2.42. The van der Waals surface area contributed by atoms with Gasteiger partial charge in [0.15, 0.2) is 11.5 Å². The van der Waals surface area contributed by atoms with Crippen LogP contribution in [0.25, 0.3) is 0 Å². The molecule has 0 bridgehead atoms. The van der Waals surface area contributed by atoms with Crippen molar-refractivity contribution in [1.29, 1.82) is 0 Å². The van der Waals surface area contributed by atoms with Crippen molar-refractivity contribution in [2.24, 2.45) is 5.73 Å². The fraction of sp³-hybridized carbons (Fsp3) is 0.571. The minimum atomic E-state index is 0.201. The third kappa shape index (κ3) is 1.53. The molecular weight excluding hydrogens is 214 g/mol. The number of fused-ring (bicyclic) bond motifs is 1. The molecule has 1 aliphatic heterocycles. The van der Waals surface area contributed by atoms with Crippen LogP contribution in [0.2, 0.25) is 0 Å². The second-order valence-electron chi connectivity index (χ2n) is 5.05. The van der Waals surface area contributed by atoms with E-state index in [4.69, 9.17) is 15.2 Å². The molecule has 3 heteroatoms. The van der Waals surface area contributed by atoms with Crippen molar-refractivity contribution in [2.75, 3.05) is 13.3 Å². The van der Waals surface area contributed by atoms with Gasteiger partial charge in [-0.2, -0.15) is 0 Å². The fourth-order valence-electron chi connectivity index (χ4n) is 2.96. The Morgan fingerprint density at radius 2 is 1.94 bits per heavy atom. The summed E-state index contributed by atoms with van der Waals surface area (Å²) in [6, 6.07) is 4.29. The summed E-state index contributed by atoms with van der Waals surface area (Å²) >= 11 is 0. The molecular formula is C14H19NO2. The van der Waals surface area contributed by atoms with E-state index >= 15 is 0 Å². The molecule has 0 aromatic heterocycles. The Kier molecular flexibility index (Phi) is 2.51. The first kappa shape index (κ1) is 10.9. The number of rotatable bonds is 3. The van der Waals surface area contributed by atoms with Crippen molar-refractivity contribution >= 4 is 0 Å². The number of benzene rings is 1. The predicted octanol–water partition coefficient (Wildman–Crippen LogP) is 2.36. The van der Waals surface area contributed by atoms with Crippen LogP contribution in [-0.4, -0.2) is 13.3 Å². The normalized spacial score (nSPS) is 20.1. The average molecular weight is 233 g/mol. The van der Waals surface area contributed by atoms with E-state index in [0.717, 1.165) is 24.5 Å². The van der Waals surface area contributed by atoms with Gasteiger partial charge in [0.25, 0.3) is 0 Å². The maximum atomic E-state index is 6.00. The average Bonchev–Trinajstić information content (AvgIpc) is 2.74. The van der Waals surface area contributed by atoms with Crippen LogP contribution in [0.3, 0.4) is 0 Å². The Hall–Kier alpha value is -1.22. The largest absolute Gasteiger partial charge is 0.454 e. The van der Waals surface area contributed by atoms with Gasteiger partial charge in [0.05, 0.1) is 0 Å². The second-order valence-corrected chi connectivity index (χ2v) is 5.05. The predicted molar refractivity (Wildman–Crippen MR) is 66.5 cm³/mol. The van der Waals surface area contributed by atoms with Crippen molar-refractivity contribution in [3.63, 3.8) is 0 Å². The molecule has 0 amide bonds. The minimum absolute atomic E-state index is 0.201. The van der Waals surface area contributed by atoms with Gasteiger partial charge >= 0.3 is 0 Å². The zero-order valence-corrected chi connectivity index (χ0v) is 10.3. The molecule has 2 aliphatic rings. The summed E-state index contributed by atoms with van der Waals surface area (Å²) in [7, 11) is 0. The molecule has 0 atom stereocenters. The lowest BCUT2D eigenvalue weighted by atomic mass is 9.63. The maximum Gasteiger partial charge on any atom is 0.231 e. The van der Waals surface area contributed by atoms with E-state index in [1.165, 1.54) is 30.4 Å². The van der Waals surface area contributed by atoms with E-state index in [0.29, 0.717) is 6.79 Å². The number of hydrogen-bond donors (Lipinski definition) is 1. The van der Waals surface area contributed by atoms with Crippen LogP contribution in [0, 0.1) is 0 Å². The van der Waals surface area contributed by atoms with Crippen LogP contribution in [0.1, 0.15) is 37.3 Å². The molecule has 0 unspecified atom stereocenters. The second kappa shape index (κ2) is 3.91. The van der Waals surface area contributed by atoms with Gasteiger partial charge in [-0.15, -0.1) is 0 Å². The van der Waals surface area contributed by atoms with Crippen LogP contribution >= 0.6 is 0 Å². The highest BCUT2D eigenvalue weighted by molar-refractivity contribution is 5.52. The zero-order valence-electron chi connectivity index (χ0n) is 10.3. The van der Waals surface area contributed by atoms with Gasteiger partial charge in [-0.25, -0.2) is 0 Å². The lowest BCUT2D eigenvalue weighted by molar-refractivity contribution is 0.173. The van der Waals surface area contributed by atoms with E-state index in [1.54, 1.807) is 0 Å². The monoisotopic (exact) mass is 233 g/mol. The summed E-state index contributed by atoms with van der Waals surface area (Å²) < 4.78 is 10.9. The molecule has 92 valence electrons.